The summed E-state index contributed by atoms with van der Waals surface area (Å²) in [7, 11) is 5.65. The first-order valence-electron chi connectivity index (χ1n) is 14.7. The van der Waals surface area contributed by atoms with E-state index < -0.39 is 23.3 Å². The molecule has 0 aliphatic carbocycles. The second kappa shape index (κ2) is 17.7. The highest BCUT2D eigenvalue weighted by molar-refractivity contribution is 5.85. The van der Waals surface area contributed by atoms with Gasteiger partial charge in [-0.25, -0.2) is 17.6 Å². The summed E-state index contributed by atoms with van der Waals surface area (Å²) in [5.41, 5.74) is 0.638. The maximum Gasteiger partial charge on any atom is 0.305 e. The molecule has 0 unspecified atom stereocenters. The molecule has 4 rings (SSSR count). The zero-order valence-electron chi connectivity index (χ0n) is 26.9. The number of aldehydes is 1. The third-order valence-electron chi connectivity index (χ3n) is 7.27. The monoisotopic (exact) mass is 676 g/mol. The molecule has 2 aromatic heterocycles. The van der Waals surface area contributed by atoms with Crippen LogP contribution in [0.15, 0.2) is 57.8 Å². The number of halogens is 4. The van der Waals surface area contributed by atoms with Gasteiger partial charge >= 0.3 is 11.9 Å². The highest BCUT2D eigenvalue weighted by Crippen LogP contribution is 2.33. The Kier molecular flexibility index (Phi) is 13.8. The topological polar surface area (TPSA) is 123 Å². The average Bonchev–Trinajstić information content (AvgIpc) is 3.74. The molecule has 0 saturated heterocycles. The van der Waals surface area contributed by atoms with Gasteiger partial charge in [-0.3, -0.25) is 14.4 Å². The number of carbonyl (C=O) groups excluding carboxylic acids is 3. The fourth-order valence-corrected chi connectivity index (χ4v) is 4.83. The van der Waals surface area contributed by atoms with E-state index in [0.29, 0.717) is 31.2 Å². The molecule has 0 aliphatic rings. The number of methoxy groups -OCH3 is 2. The van der Waals surface area contributed by atoms with Gasteiger partial charge in [-0.15, -0.1) is 0 Å². The maximum absolute atomic E-state index is 14.4. The van der Waals surface area contributed by atoms with Gasteiger partial charge < -0.3 is 33.2 Å². The van der Waals surface area contributed by atoms with E-state index >= 15 is 0 Å². The number of benzene rings is 2. The molecule has 0 bridgehead atoms. The fourth-order valence-electron chi connectivity index (χ4n) is 4.83. The van der Waals surface area contributed by atoms with Crippen molar-refractivity contribution in [2.75, 3.05) is 51.2 Å². The van der Waals surface area contributed by atoms with Crippen LogP contribution in [-0.2, 0) is 25.7 Å². The molecule has 0 atom stereocenters. The van der Waals surface area contributed by atoms with Crippen LogP contribution in [0, 0.1) is 23.3 Å². The molecule has 2 heterocycles. The van der Waals surface area contributed by atoms with Crippen molar-refractivity contribution in [3.05, 3.63) is 83.3 Å². The van der Waals surface area contributed by atoms with Gasteiger partial charge in [0.25, 0.3) is 0 Å². The van der Waals surface area contributed by atoms with Gasteiger partial charge in [0.2, 0.25) is 0 Å². The van der Waals surface area contributed by atoms with E-state index in [1.807, 2.05) is 0 Å². The number of hydrogen-bond acceptors (Lipinski definition) is 10. The Bertz CT molecular complexity index is 1660. The summed E-state index contributed by atoms with van der Waals surface area (Å²) in [6.07, 6.45) is 4.34. The summed E-state index contributed by atoms with van der Waals surface area (Å²) in [5.74, 6) is -3.44. The molecule has 258 valence electrons. The molecule has 0 amide bonds. The number of aliphatic hydroxyl groups excluding tert-OH is 1. The fraction of sp³-hybridized carbons (Fsp3) is 0.324. The standard InChI is InChI=1S/C17H19F2NO4.C17H17F2NO4/c2*1-20(6-3-4-15(22)23-2)16-13(18)8-12(9-14(16)19)17-11(10-21)5-7-24-17/h5,7-9,21H,3-4,6,10H2,1-2H3;5,7-10H,3-4,6H2,1-2H3. The van der Waals surface area contributed by atoms with Crippen LogP contribution in [-0.4, -0.2) is 64.7 Å². The van der Waals surface area contributed by atoms with Crippen LogP contribution in [0.1, 0.15) is 41.6 Å². The lowest BCUT2D eigenvalue weighted by Crippen LogP contribution is -2.22. The Balaban J connectivity index is 0.000000260. The Morgan fingerprint density at radius 3 is 1.58 bits per heavy atom. The predicted molar refractivity (Wildman–Crippen MR) is 168 cm³/mol. The van der Waals surface area contributed by atoms with Gasteiger partial charge in [-0.2, -0.15) is 0 Å². The quantitative estimate of drug-likeness (QED) is 0.0896. The minimum absolute atomic E-state index is 0.114. The SMILES string of the molecule is COC(=O)CCCN(C)c1c(F)cc(-c2occc2C=O)cc1F.COC(=O)CCCN(C)c1c(F)cc(-c2occc2CO)cc1F. The summed E-state index contributed by atoms with van der Waals surface area (Å²) >= 11 is 0. The third kappa shape index (κ3) is 9.47. The number of hydrogen-bond donors (Lipinski definition) is 1. The molecule has 14 heteroatoms. The highest BCUT2D eigenvalue weighted by Gasteiger charge is 2.20. The summed E-state index contributed by atoms with van der Waals surface area (Å²) in [6.45, 7) is 0.289. The summed E-state index contributed by atoms with van der Waals surface area (Å²) < 4.78 is 76.8. The average molecular weight is 677 g/mol. The largest absolute Gasteiger partial charge is 0.469 e. The summed E-state index contributed by atoms with van der Waals surface area (Å²) in [4.78, 5) is 35.9. The molecule has 0 aliphatic heterocycles. The van der Waals surface area contributed by atoms with Crippen molar-refractivity contribution in [3.8, 4) is 22.6 Å². The van der Waals surface area contributed by atoms with E-state index in [9.17, 15) is 37.1 Å². The Morgan fingerprint density at radius 1 is 0.750 bits per heavy atom. The van der Waals surface area contributed by atoms with Gasteiger partial charge in [-0.05, 0) is 49.2 Å². The second-order valence-corrected chi connectivity index (χ2v) is 10.5. The van der Waals surface area contributed by atoms with Crippen LogP contribution in [0.2, 0.25) is 0 Å². The lowest BCUT2D eigenvalue weighted by Gasteiger charge is -2.21. The molecule has 48 heavy (non-hydrogen) atoms. The number of furan rings is 2. The van der Waals surface area contributed by atoms with Crippen LogP contribution >= 0.6 is 0 Å². The van der Waals surface area contributed by atoms with Gasteiger partial charge in [0.05, 0.1) is 38.9 Å². The first kappa shape index (κ1) is 37.3. The Hall–Kier alpha value is -5.11. The highest BCUT2D eigenvalue weighted by atomic mass is 19.1. The smallest absolute Gasteiger partial charge is 0.305 e. The molecular formula is C34H36F4N2O8. The number of anilines is 2. The first-order valence-corrected chi connectivity index (χ1v) is 14.7. The molecule has 0 spiro atoms. The molecule has 0 radical (unpaired) electrons. The van der Waals surface area contributed by atoms with Crippen molar-refractivity contribution in [2.45, 2.75) is 32.3 Å². The van der Waals surface area contributed by atoms with Crippen molar-refractivity contribution in [1.29, 1.82) is 0 Å². The predicted octanol–water partition coefficient (Wildman–Crippen LogP) is 6.53. The van der Waals surface area contributed by atoms with Crippen molar-refractivity contribution < 1.29 is 55.4 Å². The number of carbonyl (C=O) groups is 3. The van der Waals surface area contributed by atoms with E-state index in [1.165, 1.54) is 55.7 Å². The third-order valence-corrected chi connectivity index (χ3v) is 7.27. The van der Waals surface area contributed by atoms with Crippen LogP contribution in [0.3, 0.4) is 0 Å². The lowest BCUT2D eigenvalue weighted by molar-refractivity contribution is -0.141. The van der Waals surface area contributed by atoms with Gasteiger partial charge in [0.1, 0.15) is 46.2 Å². The van der Waals surface area contributed by atoms with E-state index in [0.717, 1.165) is 24.3 Å². The maximum atomic E-state index is 14.4. The lowest BCUT2D eigenvalue weighted by atomic mass is 10.1. The Morgan fingerprint density at radius 2 is 1.17 bits per heavy atom. The first-order chi connectivity index (χ1) is 22.9. The minimum Gasteiger partial charge on any atom is -0.469 e. The van der Waals surface area contributed by atoms with E-state index in [2.05, 4.69) is 9.47 Å². The zero-order valence-corrected chi connectivity index (χ0v) is 26.9. The van der Waals surface area contributed by atoms with Gasteiger partial charge in [0, 0.05) is 56.7 Å². The zero-order chi connectivity index (χ0) is 35.4. The van der Waals surface area contributed by atoms with Crippen LogP contribution in [0.25, 0.3) is 22.6 Å². The molecule has 4 aromatic rings. The number of aliphatic hydroxyl groups is 1. The molecule has 0 fully saturated rings. The molecule has 1 N–H and O–H groups in total. The molecular weight excluding hydrogens is 640 g/mol. The van der Waals surface area contributed by atoms with E-state index in [1.54, 1.807) is 7.05 Å². The van der Waals surface area contributed by atoms with Crippen LogP contribution in [0.4, 0.5) is 28.9 Å². The Labute approximate surface area is 274 Å². The normalized spacial score (nSPS) is 10.6. The summed E-state index contributed by atoms with van der Waals surface area (Å²) in [5, 5.41) is 9.22. The van der Waals surface area contributed by atoms with Gasteiger partial charge in [0.15, 0.2) is 6.29 Å². The van der Waals surface area contributed by atoms with E-state index in [4.69, 9.17) is 8.83 Å². The van der Waals surface area contributed by atoms with Crippen LogP contribution in [0.5, 0.6) is 0 Å². The van der Waals surface area contributed by atoms with Crippen LogP contribution < -0.4 is 9.80 Å². The van der Waals surface area contributed by atoms with Crippen molar-refractivity contribution in [2.24, 2.45) is 0 Å². The number of ether oxygens (including phenoxy) is 2. The molecule has 10 nitrogen and oxygen atoms in total. The molecule has 2 aromatic carbocycles. The van der Waals surface area contributed by atoms with Gasteiger partial charge in [-0.1, -0.05) is 0 Å². The minimum atomic E-state index is -0.779. The summed E-state index contributed by atoms with van der Waals surface area (Å²) in [6, 6.07) is 7.51. The number of nitrogens with zero attached hydrogens (tertiary/aromatic N) is 2. The van der Waals surface area contributed by atoms with Crippen molar-refractivity contribution in [1.82, 2.24) is 0 Å². The number of esters is 2. The van der Waals surface area contributed by atoms with Crippen molar-refractivity contribution >= 4 is 29.6 Å². The van der Waals surface area contributed by atoms with E-state index in [-0.39, 0.29) is 77.5 Å². The number of rotatable bonds is 14. The molecule has 0 saturated carbocycles. The second-order valence-electron chi connectivity index (χ2n) is 10.5. The van der Waals surface area contributed by atoms with Crippen molar-refractivity contribution in [3.63, 3.8) is 0 Å².